The van der Waals surface area contributed by atoms with E-state index >= 15 is 0 Å². The number of nitrogens with one attached hydrogen (secondary N) is 1. The summed E-state index contributed by atoms with van der Waals surface area (Å²) in [6.07, 6.45) is 5.06. The van der Waals surface area contributed by atoms with Crippen LogP contribution in [0.2, 0.25) is 0 Å². The molecule has 0 unspecified atom stereocenters. The number of hydrogen-bond donors (Lipinski definition) is 1. The Balaban J connectivity index is 1.97. The zero-order valence-corrected chi connectivity index (χ0v) is 10.2. The molecule has 0 heterocycles. The molecule has 0 spiro atoms. The van der Waals surface area contributed by atoms with Crippen LogP contribution in [-0.4, -0.2) is 6.04 Å². The van der Waals surface area contributed by atoms with Gasteiger partial charge in [-0.15, -0.1) is 0 Å². The molecule has 0 amide bonds. The lowest BCUT2D eigenvalue weighted by molar-refractivity contribution is 0.507. The van der Waals surface area contributed by atoms with Crippen LogP contribution >= 0.6 is 15.9 Å². The molecule has 1 aliphatic rings. The van der Waals surface area contributed by atoms with Crippen LogP contribution in [0.25, 0.3) is 0 Å². The van der Waals surface area contributed by atoms with Gasteiger partial charge in [0, 0.05) is 22.6 Å². The second-order valence-corrected chi connectivity index (χ2v) is 4.92. The summed E-state index contributed by atoms with van der Waals surface area (Å²) in [6.45, 7) is 0.623. The first-order chi connectivity index (χ1) is 7.27. The fraction of sp³-hybridized carbons (Fsp3) is 0.500. The molecule has 15 heavy (non-hydrogen) atoms. The molecule has 0 atom stereocenters. The second-order valence-electron chi connectivity index (χ2n) is 4.06. The predicted octanol–water partition coefficient (Wildman–Crippen LogP) is 3.62. The molecular weight excluding hydrogens is 257 g/mol. The lowest BCUT2D eigenvalue weighted by Gasteiger charge is -2.13. The third-order valence-corrected chi connectivity index (χ3v) is 3.73. The summed E-state index contributed by atoms with van der Waals surface area (Å²) in [4.78, 5) is 0. The van der Waals surface area contributed by atoms with Crippen molar-refractivity contribution in [3.63, 3.8) is 0 Å². The van der Waals surface area contributed by atoms with Crippen molar-refractivity contribution >= 4 is 15.9 Å². The summed E-state index contributed by atoms with van der Waals surface area (Å²) in [6, 6.07) is 5.69. The first-order valence-electron chi connectivity index (χ1n) is 5.43. The highest BCUT2D eigenvalue weighted by atomic mass is 79.9. The summed E-state index contributed by atoms with van der Waals surface area (Å²) >= 11 is 3.38. The van der Waals surface area contributed by atoms with E-state index in [-0.39, 0.29) is 5.82 Å². The maximum Gasteiger partial charge on any atom is 0.128 e. The Bertz CT molecular complexity index is 314. The standard InChI is InChI=1S/C12H15BrFN/c13-11-6-3-7-12(14)10(11)8-15-9-4-1-2-5-9/h3,6-7,9,15H,1-2,4-5,8H2. The molecule has 1 aromatic carbocycles. The van der Waals surface area contributed by atoms with Crippen LogP contribution in [0.3, 0.4) is 0 Å². The monoisotopic (exact) mass is 271 g/mol. The van der Waals surface area contributed by atoms with E-state index in [2.05, 4.69) is 21.2 Å². The molecule has 0 aromatic heterocycles. The SMILES string of the molecule is Fc1cccc(Br)c1CNC1CCCC1. The molecule has 0 aliphatic heterocycles. The molecule has 1 N–H and O–H groups in total. The summed E-state index contributed by atoms with van der Waals surface area (Å²) in [5.74, 6) is -0.130. The van der Waals surface area contributed by atoms with Gasteiger partial charge in [-0.2, -0.15) is 0 Å². The normalized spacial score (nSPS) is 17.2. The number of halogens is 2. The molecule has 1 aromatic rings. The van der Waals surface area contributed by atoms with E-state index < -0.39 is 0 Å². The van der Waals surface area contributed by atoms with Crippen molar-refractivity contribution in [2.75, 3.05) is 0 Å². The Hall–Kier alpha value is -0.410. The molecule has 1 saturated carbocycles. The topological polar surface area (TPSA) is 12.0 Å². The molecule has 0 radical (unpaired) electrons. The van der Waals surface area contributed by atoms with Gasteiger partial charge in [0.05, 0.1) is 0 Å². The zero-order chi connectivity index (χ0) is 10.7. The van der Waals surface area contributed by atoms with Gasteiger partial charge in [-0.1, -0.05) is 34.8 Å². The quantitative estimate of drug-likeness (QED) is 0.886. The zero-order valence-electron chi connectivity index (χ0n) is 8.60. The van der Waals surface area contributed by atoms with Crippen molar-refractivity contribution in [3.05, 3.63) is 34.1 Å². The van der Waals surface area contributed by atoms with Crippen molar-refractivity contribution in [1.82, 2.24) is 5.32 Å². The first-order valence-corrected chi connectivity index (χ1v) is 6.23. The van der Waals surface area contributed by atoms with Gasteiger partial charge in [0.2, 0.25) is 0 Å². The van der Waals surface area contributed by atoms with E-state index in [1.54, 1.807) is 6.07 Å². The van der Waals surface area contributed by atoms with Crippen molar-refractivity contribution in [1.29, 1.82) is 0 Å². The second kappa shape index (κ2) is 5.08. The molecule has 2 rings (SSSR count). The fourth-order valence-electron chi connectivity index (χ4n) is 2.08. The Morgan fingerprint density at radius 2 is 2.07 bits per heavy atom. The van der Waals surface area contributed by atoms with Gasteiger partial charge in [0.25, 0.3) is 0 Å². The van der Waals surface area contributed by atoms with Gasteiger partial charge in [-0.25, -0.2) is 4.39 Å². The van der Waals surface area contributed by atoms with E-state index in [0.717, 1.165) is 10.0 Å². The molecule has 1 nitrogen and oxygen atoms in total. The molecule has 1 aliphatic carbocycles. The minimum absolute atomic E-state index is 0.130. The van der Waals surface area contributed by atoms with Gasteiger partial charge in [0.1, 0.15) is 5.82 Å². The Kier molecular flexibility index (Phi) is 3.76. The van der Waals surface area contributed by atoms with Gasteiger partial charge in [0.15, 0.2) is 0 Å². The van der Waals surface area contributed by atoms with Crippen LogP contribution in [0.4, 0.5) is 4.39 Å². The van der Waals surface area contributed by atoms with Gasteiger partial charge < -0.3 is 5.32 Å². The lowest BCUT2D eigenvalue weighted by atomic mass is 10.2. The van der Waals surface area contributed by atoms with E-state index in [4.69, 9.17) is 0 Å². The highest BCUT2D eigenvalue weighted by molar-refractivity contribution is 9.10. The van der Waals surface area contributed by atoms with Gasteiger partial charge in [-0.3, -0.25) is 0 Å². The lowest BCUT2D eigenvalue weighted by Crippen LogP contribution is -2.25. The highest BCUT2D eigenvalue weighted by Gasteiger charge is 2.15. The van der Waals surface area contributed by atoms with Crippen LogP contribution < -0.4 is 5.32 Å². The van der Waals surface area contributed by atoms with Crippen LogP contribution in [0.15, 0.2) is 22.7 Å². The van der Waals surface area contributed by atoms with Crippen molar-refractivity contribution in [2.45, 2.75) is 38.3 Å². The molecule has 82 valence electrons. The van der Waals surface area contributed by atoms with E-state index in [1.165, 1.54) is 31.7 Å². The first kappa shape index (κ1) is 11.1. The number of hydrogen-bond acceptors (Lipinski definition) is 1. The van der Waals surface area contributed by atoms with Crippen LogP contribution in [0.5, 0.6) is 0 Å². The van der Waals surface area contributed by atoms with E-state index in [1.807, 2.05) is 6.07 Å². The van der Waals surface area contributed by atoms with Crippen molar-refractivity contribution < 1.29 is 4.39 Å². The number of benzene rings is 1. The fourth-order valence-corrected chi connectivity index (χ4v) is 2.56. The summed E-state index contributed by atoms with van der Waals surface area (Å²) in [5.41, 5.74) is 0.740. The molecule has 0 saturated heterocycles. The Morgan fingerprint density at radius 3 is 2.73 bits per heavy atom. The maximum atomic E-state index is 13.5. The third kappa shape index (κ3) is 2.79. The van der Waals surface area contributed by atoms with E-state index in [0.29, 0.717) is 12.6 Å². The predicted molar refractivity (Wildman–Crippen MR) is 63.2 cm³/mol. The molecule has 1 fully saturated rings. The minimum atomic E-state index is -0.130. The Labute approximate surface area is 98.2 Å². The van der Waals surface area contributed by atoms with Crippen molar-refractivity contribution in [3.8, 4) is 0 Å². The molecule has 3 heteroatoms. The van der Waals surface area contributed by atoms with E-state index in [9.17, 15) is 4.39 Å². The summed E-state index contributed by atoms with van der Waals surface area (Å²) < 4.78 is 14.3. The van der Waals surface area contributed by atoms with Crippen LogP contribution in [-0.2, 0) is 6.54 Å². The maximum absolute atomic E-state index is 13.5. The summed E-state index contributed by atoms with van der Waals surface area (Å²) in [7, 11) is 0. The number of rotatable bonds is 3. The molecular formula is C12H15BrFN. The smallest absolute Gasteiger partial charge is 0.128 e. The van der Waals surface area contributed by atoms with Gasteiger partial charge >= 0.3 is 0 Å². The average molecular weight is 272 g/mol. The largest absolute Gasteiger partial charge is 0.310 e. The van der Waals surface area contributed by atoms with Crippen molar-refractivity contribution in [2.24, 2.45) is 0 Å². The summed E-state index contributed by atoms with van der Waals surface area (Å²) in [5, 5.41) is 3.41. The minimum Gasteiger partial charge on any atom is -0.310 e. The van der Waals surface area contributed by atoms with Gasteiger partial charge in [-0.05, 0) is 25.0 Å². The Morgan fingerprint density at radius 1 is 1.33 bits per heavy atom. The van der Waals surface area contributed by atoms with Crippen LogP contribution in [0, 0.1) is 5.82 Å². The average Bonchev–Trinajstić information content (AvgIpc) is 2.70. The molecule has 0 bridgehead atoms. The van der Waals surface area contributed by atoms with Crippen LogP contribution in [0.1, 0.15) is 31.2 Å². The third-order valence-electron chi connectivity index (χ3n) is 2.98. The highest BCUT2D eigenvalue weighted by Crippen LogP contribution is 2.22.